The number of anilines is 1. The molecule has 0 aliphatic carbocycles. The normalized spacial score (nSPS) is 15.0. The summed E-state index contributed by atoms with van der Waals surface area (Å²) in [7, 11) is 1.89. The van der Waals surface area contributed by atoms with E-state index >= 15 is 0 Å². The van der Waals surface area contributed by atoms with Crippen LogP contribution >= 0.6 is 15.9 Å². The molecule has 1 amide bonds. The summed E-state index contributed by atoms with van der Waals surface area (Å²) in [5.41, 5.74) is 1.82. The Morgan fingerprint density at radius 3 is 2.60 bits per heavy atom. The number of nitrogens with zero attached hydrogens (tertiary/aromatic N) is 2. The summed E-state index contributed by atoms with van der Waals surface area (Å²) >= 11 is 3.39. The summed E-state index contributed by atoms with van der Waals surface area (Å²) in [4.78, 5) is 14.2. The van der Waals surface area contributed by atoms with Crippen LogP contribution in [0.5, 0.6) is 0 Å². The summed E-state index contributed by atoms with van der Waals surface area (Å²) < 4.78 is 2.78. The van der Waals surface area contributed by atoms with Gasteiger partial charge in [-0.2, -0.15) is 0 Å². The number of aromatic nitrogens is 1. The molecule has 0 spiro atoms. The lowest BCUT2D eigenvalue weighted by Gasteiger charge is -2.40. The molecule has 1 aliphatic heterocycles. The Morgan fingerprint density at radius 1 is 1.30 bits per heavy atom. The molecule has 1 saturated heterocycles. The SMILES string of the molecule is Cn1cc(Br)cc1C(=O)N1CC(Nc2ccccc2)C1. The fourth-order valence-electron chi connectivity index (χ4n) is 2.40. The molecule has 1 N–H and O–H groups in total. The van der Waals surface area contributed by atoms with Crippen molar-refractivity contribution < 1.29 is 4.79 Å². The van der Waals surface area contributed by atoms with Gasteiger partial charge in [-0.15, -0.1) is 0 Å². The highest BCUT2D eigenvalue weighted by Gasteiger charge is 2.32. The number of carbonyl (C=O) groups is 1. The molecule has 0 bridgehead atoms. The lowest BCUT2D eigenvalue weighted by atomic mass is 10.1. The summed E-state index contributed by atoms with van der Waals surface area (Å²) in [6.45, 7) is 1.49. The number of nitrogens with one attached hydrogen (secondary N) is 1. The van der Waals surface area contributed by atoms with Crippen LogP contribution in [0.15, 0.2) is 47.1 Å². The number of rotatable bonds is 3. The predicted octanol–water partition coefficient (Wildman–Crippen LogP) is 2.72. The highest BCUT2D eigenvalue weighted by atomic mass is 79.9. The van der Waals surface area contributed by atoms with Crippen molar-refractivity contribution in [3.8, 4) is 0 Å². The zero-order chi connectivity index (χ0) is 14.1. The number of hydrogen-bond donors (Lipinski definition) is 1. The van der Waals surface area contributed by atoms with Gasteiger partial charge in [-0.05, 0) is 34.1 Å². The minimum Gasteiger partial charge on any atom is -0.379 e. The van der Waals surface area contributed by atoms with E-state index in [1.54, 1.807) is 0 Å². The van der Waals surface area contributed by atoms with Crippen LogP contribution in [0, 0.1) is 0 Å². The Balaban J connectivity index is 1.58. The zero-order valence-electron chi connectivity index (χ0n) is 11.2. The van der Waals surface area contributed by atoms with Crippen LogP contribution in [0.3, 0.4) is 0 Å². The maximum atomic E-state index is 12.3. The second kappa shape index (κ2) is 5.32. The lowest BCUT2D eigenvalue weighted by molar-refractivity contribution is 0.0615. The molecular weight excluding hydrogens is 318 g/mol. The van der Waals surface area contributed by atoms with Gasteiger partial charge in [0.25, 0.3) is 5.91 Å². The molecule has 1 aromatic heterocycles. The number of halogens is 1. The minimum absolute atomic E-state index is 0.0873. The molecule has 1 aliphatic rings. The summed E-state index contributed by atoms with van der Waals surface area (Å²) in [5.74, 6) is 0.0873. The number of hydrogen-bond acceptors (Lipinski definition) is 2. The van der Waals surface area contributed by atoms with Crippen LogP contribution in [-0.4, -0.2) is 34.5 Å². The highest BCUT2D eigenvalue weighted by Crippen LogP contribution is 2.20. The van der Waals surface area contributed by atoms with E-state index in [0.29, 0.717) is 6.04 Å². The van der Waals surface area contributed by atoms with Crippen LogP contribution in [0.2, 0.25) is 0 Å². The van der Waals surface area contributed by atoms with E-state index < -0.39 is 0 Å². The largest absolute Gasteiger partial charge is 0.379 e. The van der Waals surface area contributed by atoms with Gasteiger partial charge in [0.2, 0.25) is 0 Å². The van der Waals surface area contributed by atoms with Crippen molar-refractivity contribution in [1.29, 1.82) is 0 Å². The number of amides is 1. The maximum absolute atomic E-state index is 12.3. The van der Waals surface area contributed by atoms with Crippen molar-refractivity contribution in [2.75, 3.05) is 18.4 Å². The van der Waals surface area contributed by atoms with E-state index in [4.69, 9.17) is 0 Å². The second-order valence-electron chi connectivity index (χ2n) is 5.07. The zero-order valence-corrected chi connectivity index (χ0v) is 12.8. The molecule has 0 radical (unpaired) electrons. The minimum atomic E-state index is 0.0873. The topological polar surface area (TPSA) is 37.3 Å². The Labute approximate surface area is 126 Å². The van der Waals surface area contributed by atoms with Gasteiger partial charge in [-0.25, -0.2) is 0 Å². The van der Waals surface area contributed by atoms with Crippen molar-refractivity contribution in [3.05, 3.63) is 52.8 Å². The monoisotopic (exact) mass is 333 g/mol. The van der Waals surface area contributed by atoms with Crippen LogP contribution in [0.25, 0.3) is 0 Å². The summed E-state index contributed by atoms with van der Waals surface area (Å²) in [5, 5.41) is 3.42. The van der Waals surface area contributed by atoms with E-state index in [-0.39, 0.29) is 5.91 Å². The van der Waals surface area contributed by atoms with Crippen LogP contribution in [0.1, 0.15) is 10.5 Å². The van der Waals surface area contributed by atoms with Gasteiger partial charge in [-0.1, -0.05) is 18.2 Å². The average Bonchev–Trinajstić information content (AvgIpc) is 2.73. The van der Waals surface area contributed by atoms with E-state index in [2.05, 4.69) is 21.2 Å². The first-order valence-corrected chi connectivity index (χ1v) is 7.35. The molecule has 0 atom stereocenters. The molecule has 2 aromatic rings. The quantitative estimate of drug-likeness (QED) is 0.937. The number of likely N-dealkylation sites (tertiary alicyclic amines) is 1. The van der Waals surface area contributed by atoms with Crippen molar-refractivity contribution in [2.24, 2.45) is 7.05 Å². The molecule has 5 heteroatoms. The Kier molecular flexibility index (Phi) is 3.53. The molecule has 0 unspecified atom stereocenters. The van der Waals surface area contributed by atoms with Crippen molar-refractivity contribution in [2.45, 2.75) is 6.04 Å². The Bertz CT molecular complexity index is 617. The van der Waals surface area contributed by atoms with Crippen LogP contribution in [0.4, 0.5) is 5.69 Å². The summed E-state index contributed by atoms with van der Waals surface area (Å²) in [6, 6.07) is 12.3. The molecule has 104 valence electrons. The molecule has 4 nitrogen and oxygen atoms in total. The average molecular weight is 334 g/mol. The first-order valence-electron chi connectivity index (χ1n) is 6.56. The lowest BCUT2D eigenvalue weighted by Crippen LogP contribution is -2.57. The van der Waals surface area contributed by atoms with E-state index in [9.17, 15) is 4.79 Å². The predicted molar refractivity (Wildman–Crippen MR) is 82.9 cm³/mol. The van der Waals surface area contributed by atoms with Gasteiger partial charge in [0.15, 0.2) is 0 Å². The second-order valence-corrected chi connectivity index (χ2v) is 5.99. The van der Waals surface area contributed by atoms with Gasteiger partial charge < -0.3 is 14.8 Å². The third-order valence-electron chi connectivity index (χ3n) is 3.50. The molecule has 2 heterocycles. The first kappa shape index (κ1) is 13.2. The van der Waals surface area contributed by atoms with Crippen LogP contribution in [-0.2, 0) is 7.05 Å². The maximum Gasteiger partial charge on any atom is 0.270 e. The Hall–Kier alpha value is -1.75. The van der Waals surface area contributed by atoms with Gasteiger partial charge in [0.05, 0.1) is 6.04 Å². The van der Waals surface area contributed by atoms with Crippen molar-refractivity contribution in [1.82, 2.24) is 9.47 Å². The molecule has 1 fully saturated rings. The molecule has 1 aromatic carbocycles. The van der Waals surface area contributed by atoms with Crippen molar-refractivity contribution in [3.63, 3.8) is 0 Å². The van der Waals surface area contributed by atoms with Gasteiger partial charge >= 0.3 is 0 Å². The molecule has 0 saturated carbocycles. The smallest absolute Gasteiger partial charge is 0.270 e. The summed E-state index contributed by atoms with van der Waals surface area (Å²) in [6.07, 6.45) is 1.90. The number of para-hydroxylation sites is 1. The number of aryl methyl sites for hydroxylation is 1. The fraction of sp³-hybridized carbons (Fsp3) is 0.267. The van der Waals surface area contributed by atoms with E-state index in [0.717, 1.165) is 28.9 Å². The fourth-order valence-corrected chi connectivity index (χ4v) is 2.93. The molecule has 3 rings (SSSR count). The van der Waals surface area contributed by atoms with Crippen molar-refractivity contribution >= 4 is 27.5 Å². The number of carbonyl (C=O) groups excluding carboxylic acids is 1. The molecule has 20 heavy (non-hydrogen) atoms. The van der Waals surface area contributed by atoms with Gasteiger partial charge in [0.1, 0.15) is 5.69 Å². The van der Waals surface area contributed by atoms with E-state index in [1.165, 1.54) is 0 Å². The highest BCUT2D eigenvalue weighted by molar-refractivity contribution is 9.10. The van der Waals surface area contributed by atoms with Crippen LogP contribution < -0.4 is 5.32 Å². The number of benzene rings is 1. The molecular formula is C15H16BrN3O. The third kappa shape index (κ3) is 2.58. The standard InChI is InChI=1S/C15H16BrN3O/c1-18-8-11(16)7-14(18)15(20)19-9-13(10-19)17-12-5-3-2-4-6-12/h2-8,13,17H,9-10H2,1H3. The Morgan fingerprint density at radius 2 is 2.00 bits per heavy atom. The first-order chi connectivity index (χ1) is 9.63. The van der Waals surface area contributed by atoms with Gasteiger partial charge in [0, 0.05) is 36.5 Å². The van der Waals surface area contributed by atoms with E-state index in [1.807, 2.05) is 59.1 Å². The van der Waals surface area contributed by atoms with Gasteiger partial charge in [-0.3, -0.25) is 4.79 Å². The third-order valence-corrected chi connectivity index (χ3v) is 3.94.